The topological polar surface area (TPSA) is 0 Å². The zero-order chi connectivity index (χ0) is 5.11. The number of hydrogen-bond donors (Lipinski definition) is 0. The third kappa shape index (κ3) is 1.34. The smallest absolute Gasteiger partial charge is 0.0317 e. The van der Waals surface area contributed by atoms with Crippen molar-refractivity contribution in [1.82, 2.24) is 0 Å². The first-order valence-electron chi connectivity index (χ1n) is 2.88. The van der Waals surface area contributed by atoms with Crippen LogP contribution in [-0.4, -0.2) is 0 Å². The molecule has 1 rings (SSSR count). The van der Waals surface area contributed by atoms with Crippen molar-refractivity contribution in [3.05, 3.63) is 18.6 Å². The Balaban J connectivity index is 2.32. The molecule has 0 saturated carbocycles. The molecular formula is C7H11. The maximum absolute atomic E-state index is 2.35. The van der Waals surface area contributed by atoms with Crippen LogP contribution in [0.15, 0.2) is 12.2 Å². The quantitative estimate of drug-likeness (QED) is 0.404. The minimum absolute atomic E-state index is 0.824. The maximum Gasteiger partial charge on any atom is -0.0317 e. The second-order valence-electron chi connectivity index (χ2n) is 2.16. The highest BCUT2D eigenvalue weighted by Gasteiger charge is 2.00. The minimum atomic E-state index is 0.824. The van der Waals surface area contributed by atoms with Gasteiger partial charge in [-0.1, -0.05) is 19.1 Å². The van der Waals surface area contributed by atoms with Crippen LogP contribution in [0, 0.1) is 12.3 Å². The largest absolute Gasteiger partial charge is 0.0883 e. The van der Waals surface area contributed by atoms with E-state index in [1.807, 2.05) is 0 Å². The van der Waals surface area contributed by atoms with Gasteiger partial charge in [-0.05, 0) is 25.2 Å². The van der Waals surface area contributed by atoms with Crippen molar-refractivity contribution in [1.29, 1.82) is 0 Å². The highest BCUT2D eigenvalue weighted by atomic mass is 14.1. The molecule has 0 amide bonds. The van der Waals surface area contributed by atoms with Crippen LogP contribution in [0.1, 0.15) is 19.8 Å². The van der Waals surface area contributed by atoms with Crippen molar-refractivity contribution < 1.29 is 0 Å². The molecule has 1 atom stereocenters. The van der Waals surface area contributed by atoms with Crippen LogP contribution < -0.4 is 0 Å². The van der Waals surface area contributed by atoms with Gasteiger partial charge in [0.25, 0.3) is 0 Å². The molecule has 0 aromatic heterocycles. The molecule has 0 spiro atoms. The molecule has 1 radical (unpaired) electrons. The molecule has 0 aliphatic heterocycles. The van der Waals surface area contributed by atoms with E-state index in [0.717, 1.165) is 5.92 Å². The van der Waals surface area contributed by atoms with Crippen LogP contribution in [0.5, 0.6) is 0 Å². The molecule has 1 aliphatic carbocycles. The number of rotatable bonds is 0. The normalized spacial score (nSPS) is 30.7. The van der Waals surface area contributed by atoms with Crippen LogP contribution in [-0.2, 0) is 0 Å². The summed E-state index contributed by atoms with van der Waals surface area (Å²) in [6.07, 6.45) is 9.26. The molecule has 0 aromatic carbocycles. The van der Waals surface area contributed by atoms with Gasteiger partial charge >= 0.3 is 0 Å². The van der Waals surface area contributed by atoms with E-state index < -0.39 is 0 Å². The van der Waals surface area contributed by atoms with Crippen molar-refractivity contribution >= 4 is 0 Å². The predicted octanol–water partition coefficient (Wildman–Crippen LogP) is 2.18. The van der Waals surface area contributed by atoms with Gasteiger partial charge in [-0.2, -0.15) is 0 Å². The first-order valence-corrected chi connectivity index (χ1v) is 2.88. The lowest BCUT2D eigenvalue weighted by atomic mass is 9.97. The molecule has 0 heteroatoms. The SMILES string of the molecule is CC1[CH]CC=CC1. The molecule has 39 valence electrons. The molecule has 0 N–H and O–H groups in total. The summed E-state index contributed by atoms with van der Waals surface area (Å²) in [5, 5.41) is 0. The third-order valence-corrected chi connectivity index (χ3v) is 1.35. The van der Waals surface area contributed by atoms with Crippen molar-refractivity contribution in [2.24, 2.45) is 5.92 Å². The minimum Gasteiger partial charge on any atom is -0.0883 e. The van der Waals surface area contributed by atoms with Gasteiger partial charge in [-0.25, -0.2) is 0 Å². The third-order valence-electron chi connectivity index (χ3n) is 1.35. The van der Waals surface area contributed by atoms with E-state index in [1.54, 1.807) is 0 Å². The van der Waals surface area contributed by atoms with Crippen molar-refractivity contribution in [3.8, 4) is 0 Å². The van der Waals surface area contributed by atoms with E-state index in [0.29, 0.717) is 0 Å². The van der Waals surface area contributed by atoms with Crippen LogP contribution in [0.25, 0.3) is 0 Å². The molecule has 0 heterocycles. The van der Waals surface area contributed by atoms with E-state index in [-0.39, 0.29) is 0 Å². The summed E-state index contributed by atoms with van der Waals surface area (Å²) >= 11 is 0. The molecular weight excluding hydrogens is 84.1 g/mol. The maximum atomic E-state index is 2.35. The standard InChI is InChI=1S/C7H11/c1-7-5-3-2-4-6-7/h2-3,6-7H,4-5H2,1H3. The fraction of sp³-hybridized carbons (Fsp3) is 0.571. The van der Waals surface area contributed by atoms with E-state index in [1.165, 1.54) is 12.8 Å². The Morgan fingerprint density at radius 1 is 1.43 bits per heavy atom. The van der Waals surface area contributed by atoms with Gasteiger partial charge in [0.15, 0.2) is 0 Å². The van der Waals surface area contributed by atoms with Gasteiger partial charge in [0.1, 0.15) is 0 Å². The highest BCUT2D eigenvalue weighted by molar-refractivity contribution is 4.96. The van der Waals surface area contributed by atoms with Crippen LogP contribution in [0.3, 0.4) is 0 Å². The summed E-state index contributed by atoms with van der Waals surface area (Å²) in [5.41, 5.74) is 0. The van der Waals surface area contributed by atoms with Gasteiger partial charge in [0, 0.05) is 0 Å². The van der Waals surface area contributed by atoms with Crippen LogP contribution >= 0.6 is 0 Å². The van der Waals surface area contributed by atoms with E-state index in [2.05, 4.69) is 25.5 Å². The zero-order valence-corrected chi connectivity index (χ0v) is 4.72. The second kappa shape index (κ2) is 2.15. The van der Waals surface area contributed by atoms with E-state index >= 15 is 0 Å². The average molecular weight is 95.2 g/mol. The highest BCUT2D eigenvalue weighted by Crippen LogP contribution is 2.14. The molecule has 7 heavy (non-hydrogen) atoms. The summed E-state index contributed by atoms with van der Waals surface area (Å²) in [6, 6.07) is 0. The Kier molecular flexibility index (Phi) is 1.50. The summed E-state index contributed by atoms with van der Waals surface area (Å²) in [6.45, 7) is 2.25. The summed E-state index contributed by atoms with van der Waals surface area (Å²) in [7, 11) is 0. The van der Waals surface area contributed by atoms with Gasteiger partial charge in [0.05, 0.1) is 0 Å². The van der Waals surface area contributed by atoms with Gasteiger partial charge < -0.3 is 0 Å². The molecule has 0 aromatic rings. The first-order chi connectivity index (χ1) is 3.39. The fourth-order valence-electron chi connectivity index (χ4n) is 0.814. The predicted molar refractivity (Wildman–Crippen MR) is 31.8 cm³/mol. The molecule has 1 aliphatic rings. The van der Waals surface area contributed by atoms with Crippen LogP contribution in [0.4, 0.5) is 0 Å². The molecule has 0 bridgehead atoms. The van der Waals surface area contributed by atoms with Crippen molar-refractivity contribution in [3.63, 3.8) is 0 Å². The summed E-state index contributed by atoms with van der Waals surface area (Å²) in [4.78, 5) is 0. The van der Waals surface area contributed by atoms with E-state index in [4.69, 9.17) is 0 Å². The Morgan fingerprint density at radius 3 is 2.57 bits per heavy atom. The fourth-order valence-corrected chi connectivity index (χ4v) is 0.814. The first kappa shape index (κ1) is 4.89. The Bertz CT molecular complexity index is 72.1. The lowest BCUT2D eigenvalue weighted by molar-refractivity contribution is 0.650. The Labute approximate surface area is 45.2 Å². The second-order valence-corrected chi connectivity index (χ2v) is 2.16. The van der Waals surface area contributed by atoms with E-state index in [9.17, 15) is 0 Å². The average Bonchev–Trinajstić information content (AvgIpc) is 1.69. The summed E-state index contributed by atoms with van der Waals surface area (Å²) in [5.74, 6) is 0.824. The lowest BCUT2D eigenvalue weighted by Gasteiger charge is -2.09. The van der Waals surface area contributed by atoms with Crippen LogP contribution in [0.2, 0.25) is 0 Å². The van der Waals surface area contributed by atoms with Gasteiger partial charge in [0.2, 0.25) is 0 Å². The lowest BCUT2D eigenvalue weighted by Crippen LogP contribution is -1.95. The zero-order valence-electron chi connectivity index (χ0n) is 4.72. The number of allylic oxidation sites excluding steroid dienone is 2. The van der Waals surface area contributed by atoms with Crippen molar-refractivity contribution in [2.75, 3.05) is 0 Å². The summed E-state index contributed by atoms with van der Waals surface area (Å²) < 4.78 is 0. The van der Waals surface area contributed by atoms with Gasteiger partial charge in [-0.3, -0.25) is 0 Å². The number of hydrogen-bond acceptors (Lipinski definition) is 0. The van der Waals surface area contributed by atoms with Crippen molar-refractivity contribution in [2.45, 2.75) is 19.8 Å². The molecule has 0 saturated heterocycles. The molecule has 1 unspecified atom stereocenters. The monoisotopic (exact) mass is 95.1 g/mol. The van der Waals surface area contributed by atoms with Gasteiger partial charge in [-0.15, -0.1) is 0 Å². The molecule has 0 nitrogen and oxygen atoms in total. The Hall–Kier alpha value is -0.260. The Morgan fingerprint density at radius 2 is 2.29 bits per heavy atom. The molecule has 0 fully saturated rings.